The van der Waals surface area contributed by atoms with Gasteiger partial charge in [0.15, 0.2) is 0 Å². The summed E-state index contributed by atoms with van der Waals surface area (Å²) in [5.74, 6) is 0. The molecule has 0 bridgehead atoms. The van der Waals surface area contributed by atoms with Crippen LogP contribution in [0.1, 0.15) is 24.8 Å². The molecule has 0 spiro atoms. The molecule has 2 aromatic rings. The highest BCUT2D eigenvalue weighted by atomic mass is 16.5. The van der Waals surface area contributed by atoms with E-state index in [2.05, 4.69) is 21.4 Å². The molecule has 0 aromatic carbocycles. The van der Waals surface area contributed by atoms with Gasteiger partial charge in [-0.2, -0.15) is 0 Å². The number of pyridine rings is 1. The molecular weight excluding hydrogens is 226 g/mol. The number of rotatable bonds is 5. The normalized spacial score (nSPS) is 19.7. The molecule has 1 atom stereocenters. The van der Waals surface area contributed by atoms with Crippen LogP contribution in [0.15, 0.2) is 24.5 Å². The molecule has 3 rings (SSSR count). The molecule has 0 amide bonds. The van der Waals surface area contributed by atoms with E-state index in [1.165, 1.54) is 23.8 Å². The van der Waals surface area contributed by atoms with Gasteiger partial charge in [-0.3, -0.25) is 0 Å². The van der Waals surface area contributed by atoms with E-state index in [0.717, 1.165) is 31.8 Å². The summed E-state index contributed by atoms with van der Waals surface area (Å²) in [5, 5.41) is 4.69. The quantitative estimate of drug-likeness (QED) is 0.794. The third kappa shape index (κ3) is 2.54. The van der Waals surface area contributed by atoms with E-state index in [-0.39, 0.29) is 0 Å². The lowest BCUT2D eigenvalue weighted by Crippen LogP contribution is -2.19. The van der Waals surface area contributed by atoms with Gasteiger partial charge in [0.25, 0.3) is 0 Å². The summed E-state index contributed by atoms with van der Waals surface area (Å²) in [5.41, 5.74) is 2.25. The maximum atomic E-state index is 5.60. The second-order valence-electron chi connectivity index (χ2n) is 4.81. The number of nitrogens with zero attached hydrogens (tertiary/aromatic N) is 1. The predicted molar refractivity (Wildman–Crippen MR) is 71.4 cm³/mol. The van der Waals surface area contributed by atoms with Gasteiger partial charge < -0.3 is 15.0 Å². The van der Waals surface area contributed by atoms with Crippen molar-refractivity contribution in [1.82, 2.24) is 15.3 Å². The number of nitrogens with one attached hydrogen (secondary N) is 2. The topological polar surface area (TPSA) is 49.9 Å². The van der Waals surface area contributed by atoms with Crippen molar-refractivity contribution in [2.75, 3.05) is 13.2 Å². The highest BCUT2D eigenvalue weighted by Gasteiger charge is 2.14. The maximum absolute atomic E-state index is 5.60. The first-order valence-corrected chi connectivity index (χ1v) is 6.67. The monoisotopic (exact) mass is 245 g/mol. The van der Waals surface area contributed by atoms with Crippen LogP contribution in [0.2, 0.25) is 0 Å². The van der Waals surface area contributed by atoms with Crippen molar-refractivity contribution in [3.05, 3.63) is 30.1 Å². The van der Waals surface area contributed by atoms with Crippen molar-refractivity contribution >= 4 is 11.0 Å². The number of ether oxygens (including phenoxy) is 1. The summed E-state index contributed by atoms with van der Waals surface area (Å²) < 4.78 is 5.60. The number of fused-ring (bicyclic) bond motifs is 1. The predicted octanol–water partition coefficient (Wildman–Crippen LogP) is 2.22. The molecule has 2 N–H and O–H groups in total. The summed E-state index contributed by atoms with van der Waals surface area (Å²) in [6.07, 6.45) is 7.88. The average molecular weight is 245 g/mol. The average Bonchev–Trinajstić information content (AvgIpc) is 3.04. The van der Waals surface area contributed by atoms with Gasteiger partial charge in [-0.25, -0.2) is 4.98 Å². The number of H-pyrrole nitrogens is 1. The van der Waals surface area contributed by atoms with E-state index in [1.54, 1.807) is 0 Å². The minimum atomic E-state index is 0.474. The van der Waals surface area contributed by atoms with Crippen molar-refractivity contribution in [2.45, 2.75) is 31.9 Å². The summed E-state index contributed by atoms with van der Waals surface area (Å²) in [6, 6.07) is 4.09. The smallest absolute Gasteiger partial charge is 0.137 e. The van der Waals surface area contributed by atoms with Crippen LogP contribution in [0, 0.1) is 0 Å². The zero-order chi connectivity index (χ0) is 12.2. The Morgan fingerprint density at radius 2 is 2.50 bits per heavy atom. The first-order valence-electron chi connectivity index (χ1n) is 6.67. The van der Waals surface area contributed by atoms with E-state index in [9.17, 15) is 0 Å². The van der Waals surface area contributed by atoms with Gasteiger partial charge in [-0.15, -0.1) is 0 Å². The standard InChI is InChI=1S/C14H19N3O/c1-4-13-11(10-17-14(13)16-6-1)9-15-7-5-12-3-2-8-18-12/h1,4,6,10,12,15H,2-3,5,7-9H2,(H,16,17). The van der Waals surface area contributed by atoms with Gasteiger partial charge in [0.1, 0.15) is 5.65 Å². The highest BCUT2D eigenvalue weighted by Crippen LogP contribution is 2.16. The van der Waals surface area contributed by atoms with Crippen LogP contribution in [0.5, 0.6) is 0 Å². The second-order valence-corrected chi connectivity index (χ2v) is 4.81. The van der Waals surface area contributed by atoms with Crippen LogP contribution >= 0.6 is 0 Å². The second kappa shape index (κ2) is 5.50. The molecule has 1 aliphatic rings. The van der Waals surface area contributed by atoms with E-state index in [0.29, 0.717) is 6.10 Å². The first kappa shape index (κ1) is 11.7. The fourth-order valence-electron chi connectivity index (χ4n) is 2.52. The fraction of sp³-hybridized carbons (Fsp3) is 0.500. The SMILES string of the molecule is c1cnc2[nH]cc(CNCCC3CCCO3)c2c1. The van der Waals surface area contributed by atoms with Gasteiger partial charge in [0.2, 0.25) is 0 Å². The minimum Gasteiger partial charge on any atom is -0.378 e. The lowest BCUT2D eigenvalue weighted by Gasteiger charge is -2.09. The zero-order valence-corrected chi connectivity index (χ0v) is 10.5. The summed E-state index contributed by atoms with van der Waals surface area (Å²) in [7, 11) is 0. The Balaban J connectivity index is 1.50. The number of hydrogen-bond acceptors (Lipinski definition) is 3. The molecule has 96 valence electrons. The third-order valence-electron chi connectivity index (χ3n) is 3.52. The lowest BCUT2D eigenvalue weighted by molar-refractivity contribution is 0.104. The largest absolute Gasteiger partial charge is 0.378 e. The molecule has 1 aliphatic heterocycles. The molecule has 1 unspecified atom stereocenters. The van der Waals surface area contributed by atoms with Crippen LogP contribution in [0.4, 0.5) is 0 Å². The fourth-order valence-corrected chi connectivity index (χ4v) is 2.52. The third-order valence-corrected chi connectivity index (χ3v) is 3.52. The van der Waals surface area contributed by atoms with Crippen molar-refractivity contribution < 1.29 is 4.74 Å². The molecule has 0 radical (unpaired) electrons. The Labute approximate surface area is 107 Å². The van der Waals surface area contributed by atoms with Crippen molar-refractivity contribution in [3.8, 4) is 0 Å². The van der Waals surface area contributed by atoms with E-state index < -0.39 is 0 Å². The Morgan fingerprint density at radius 3 is 3.39 bits per heavy atom. The Kier molecular flexibility index (Phi) is 3.57. The Bertz CT molecular complexity index is 502. The van der Waals surface area contributed by atoms with Gasteiger partial charge in [-0.1, -0.05) is 0 Å². The van der Waals surface area contributed by atoms with Gasteiger partial charge in [-0.05, 0) is 43.5 Å². The molecule has 4 heteroatoms. The van der Waals surface area contributed by atoms with Crippen LogP contribution in [0.3, 0.4) is 0 Å². The summed E-state index contributed by atoms with van der Waals surface area (Å²) >= 11 is 0. The van der Waals surface area contributed by atoms with Crippen LogP contribution in [-0.2, 0) is 11.3 Å². The van der Waals surface area contributed by atoms with E-state index >= 15 is 0 Å². The molecule has 0 aliphatic carbocycles. The zero-order valence-electron chi connectivity index (χ0n) is 10.5. The molecule has 1 fully saturated rings. The van der Waals surface area contributed by atoms with Crippen LogP contribution < -0.4 is 5.32 Å². The molecule has 2 aromatic heterocycles. The molecule has 3 heterocycles. The molecule has 0 saturated carbocycles. The van der Waals surface area contributed by atoms with Gasteiger partial charge >= 0.3 is 0 Å². The number of hydrogen-bond donors (Lipinski definition) is 2. The van der Waals surface area contributed by atoms with Gasteiger partial charge in [0, 0.05) is 30.9 Å². The molecule has 18 heavy (non-hydrogen) atoms. The Hall–Kier alpha value is -1.39. The van der Waals surface area contributed by atoms with Crippen molar-refractivity contribution in [3.63, 3.8) is 0 Å². The van der Waals surface area contributed by atoms with Crippen molar-refractivity contribution in [2.24, 2.45) is 0 Å². The first-order chi connectivity index (χ1) is 8.93. The lowest BCUT2D eigenvalue weighted by atomic mass is 10.2. The minimum absolute atomic E-state index is 0.474. The van der Waals surface area contributed by atoms with Crippen LogP contribution in [-0.4, -0.2) is 29.2 Å². The van der Waals surface area contributed by atoms with Crippen LogP contribution in [0.25, 0.3) is 11.0 Å². The van der Waals surface area contributed by atoms with Crippen molar-refractivity contribution in [1.29, 1.82) is 0 Å². The Morgan fingerprint density at radius 1 is 1.50 bits per heavy atom. The molecular formula is C14H19N3O. The summed E-state index contributed by atoms with van der Waals surface area (Å²) in [4.78, 5) is 7.48. The van der Waals surface area contributed by atoms with Gasteiger partial charge in [0.05, 0.1) is 6.10 Å². The maximum Gasteiger partial charge on any atom is 0.137 e. The summed E-state index contributed by atoms with van der Waals surface area (Å²) in [6.45, 7) is 2.84. The molecule has 1 saturated heterocycles. The van der Waals surface area contributed by atoms with E-state index in [4.69, 9.17) is 4.74 Å². The van der Waals surface area contributed by atoms with E-state index in [1.807, 2.05) is 18.5 Å². The highest BCUT2D eigenvalue weighted by molar-refractivity contribution is 5.79. The number of aromatic amines is 1. The molecule has 4 nitrogen and oxygen atoms in total. The number of aromatic nitrogens is 2.